The van der Waals surface area contributed by atoms with Crippen molar-refractivity contribution in [2.45, 2.75) is 38.3 Å². The van der Waals surface area contributed by atoms with E-state index in [1.54, 1.807) is 4.90 Å². The molecule has 0 bridgehead atoms. The van der Waals surface area contributed by atoms with E-state index in [1.165, 1.54) is 0 Å². The number of nitrogens with two attached hydrogens (primary N) is 1. The van der Waals surface area contributed by atoms with E-state index in [0.29, 0.717) is 64.7 Å². The van der Waals surface area contributed by atoms with Crippen molar-refractivity contribution in [1.82, 2.24) is 10.2 Å². The first-order valence-electron chi connectivity index (χ1n) is 10.8. The molecule has 3 rings (SSSR count). The quantitative estimate of drug-likeness (QED) is 0.324. The summed E-state index contributed by atoms with van der Waals surface area (Å²) in [5.74, 6) is -0.812. The van der Waals surface area contributed by atoms with Gasteiger partial charge in [-0.1, -0.05) is 12.1 Å². The van der Waals surface area contributed by atoms with Gasteiger partial charge in [-0.05, 0) is 36.5 Å². The zero-order chi connectivity index (χ0) is 22.1. The Balaban J connectivity index is 0.00000363. The van der Waals surface area contributed by atoms with Crippen LogP contribution in [0.3, 0.4) is 0 Å². The van der Waals surface area contributed by atoms with E-state index in [4.69, 9.17) is 19.9 Å². The van der Waals surface area contributed by atoms with Crippen LogP contribution in [0.1, 0.15) is 40.7 Å². The van der Waals surface area contributed by atoms with Gasteiger partial charge in [0.05, 0.1) is 33.0 Å². The SMILES string of the molecule is Cl.NCCOCCOCCOCCCc1ccc2c(c1)CN(C1CCC(=O)NC1=O)C2=O. The Kier molecular flexibility index (Phi) is 11.1. The van der Waals surface area contributed by atoms with Crippen LogP contribution in [-0.4, -0.2) is 74.8 Å². The average Bonchev–Trinajstić information content (AvgIpc) is 3.07. The van der Waals surface area contributed by atoms with Crippen molar-refractivity contribution < 1.29 is 28.6 Å². The minimum Gasteiger partial charge on any atom is -0.379 e. The number of hydrogen-bond acceptors (Lipinski definition) is 7. The first kappa shape index (κ1) is 26.2. The molecule has 1 saturated heterocycles. The molecular weight excluding hydrogens is 438 g/mol. The maximum Gasteiger partial charge on any atom is 0.255 e. The largest absolute Gasteiger partial charge is 0.379 e. The third kappa shape index (κ3) is 7.25. The second-order valence-corrected chi connectivity index (χ2v) is 7.62. The Morgan fingerprint density at radius 2 is 1.69 bits per heavy atom. The van der Waals surface area contributed by atoms with Crippen LogP contribution in [0.5, 0.6) is 0 Å². The third-order valence-corrected chi connectivity index (χ3v) is 5.35. The van der Waals surface area contributed by atoms with E-state index in [0.717, 1.165) is 24.0 Å². The fraction of sp³-hybridized carbons (Fsp3) is 0.591. The number of carbonyl (C=O) groups excluding carboxylic acids is 3. The molecular formula is C22H32ClN3O6. The number of nitrogens with zero attached hydrogens (tertiary/aromatic N) is 1. The molecule has 9 nitrogen and oxygen atoms in total. The lowest BCUT2D eigenvalue weighted by molar-refractivity contribution is -0.136. The summed E-state index contributed by atoms with van der Waals surface area (Å²) >= 11 is 0. The van der Waals surface area contributed by atoms with E-state index < -0.39 is 6.04 Å². The summed E-state index contributed by atoms with van der Waals surface area (Å²) in [5, 5.41) is 2.32. The number of piperidine rings is 1. The molecule has 3 N–H and O–H groups in total. The number of carbonyl (C=O) groups is 3. The monoisotopic (exact) mass is 469 g/mol. The highest BCUT2D eigenvalue weighted by atomic mass is 35.5. The molecule has 32 heavy (non-hydrogen) atoms. The molecule has 1 aromatic rings. The normalized spacial score (nSPS) is 17.8. The minimum absolute atomic E-state index is 0. The summed E-state index contributed by atoms with van der Waals surface area (Å²) < 4.78 is 16.2. The van der Waals surface area contributed by atoms with E-state index in [-0.39, 0.29) is 36.5 Å². The molecule has 3 amide bonds. The van der Waals surface area contributed by atoms with Crippen LogP contribution in [-0.2, 0) is 36.8 Å². The lowest BCUT2D eigenvalue weighted by Gasteiger charge is -2.29. The Bertz CT molecular complexity index is 791. The second-order valence-electron chi connectivity index (χ2n) is 7.62. The van der Waals surface area contributed by atoms with Crippen molar-refractivity contribution in [3.8, 4) is 0 Å². The number of amides is 3. The molecule has 1 unspecified atom stereocenters. The molecule has 2 heterocycles. The number of fused-ring (bicyclic) bond motifs is 1. The van der Waals surface area contributed by atoms with Crippen LogP contribution in [0, 0.1) is 0 Å². The lowest BCUT2D eigenvalue weighted by atomic mass is 10.0. The minimum atomic E-state index is -0.580. The van der Waals surface area contributed by atoms with E-state index in [1.807, 2.05) is 18.2 Å². The van der Waals surface area contributed by atoms with E-state index in [2.05, 4.69) is 5.32 Å². The molecule has 1 aromatic carbocycles. The molecule has 0 spiro atoms. The molecule has 178 valence electrons. The highest BCUT2D eigenvalue weighted by molar-refractivity contribution is 6.05. The zero-order valence-corrected chi connectivity index (χ0v) is 19.0. The Hall–Kier alpha value is -2.04. The molecule has 2 aliphatic heterocycles. The highest BCUT2D eigenvalue weighted by Crippen LogP contribution is 2.28. The van der Waals surface area contributed by atoms with Crippen LogP contribution >= 0.6 is 12.4 Å². The summed E-state index contributed by atoms with van der Waals surface area (Å²) in [6.45, 7) is 4.24. The highest BCUT2D eigenvalue weighted by Gasteiger charge is 2.38. The van der Waals surface area contributed by atoms with Gasteiger partial charge >= 0.3 is 0 Å². The maximum absolute atomic E-state index is 12.7. The zero-order valence-electron chi connectivity index (χ0n) is 18.2. The van der Waals surface area contributed by atoms with Crippen molar-refractivity contribution in [1.29, 1.82) is 0 Å². The predicted molar refractivity (Wildman–Crippen MR) is 120 cm³/mol. The predicted octanol–water partition coefficient (Wildman–Crippen LogP) is 0.810. The van der Waals surface area contributed by atoms with Crippen LogP contribution < -0.4 is 11.1 Å². The summed E-state index contributed by atoms with van der Waals surface area (Å²) in [6.07, 6.45) is 2.34. The van der Waals surface area contributed by atoms with E-state index in [9.17, 15) is 14.4 Å². The molecule has 0 saturated carbocycles. The maximum atomic E-state index is 12.7. The number of rotatable bonds is 13. The first-order valence-corrected chi connectivity index (χ1v) is 10.8. The van der Waals surface area contributed by atoms with Gasteiger partial charge < -0.3 is 24.8 Å². The number of halogens is 1. The first-order chi connectivity index (χ1) is 15.1. The molecule has 0 aliphatic carbocycles. The molecule has 1 atom stereocenters. The number of benzene rings is 1. The van der Waals surface area contributed by atoms with Gasteiger partial charge in [0, 0.05) is 31.7 Å². The van der Waals surface area contributed by atoms with Crippen molar-refractivity contribution in [2.24, 2.45) is 5.73 Å². The van der Waals surface area contributed by atoms with Gasteiger partial charge in [-0.2, -0.15) is 0 Å². The Morgan fingerprint density at radius 3 is 2.38 bits per heavy atom. The number of ether oxygens (including phenoxy) is 3. The fourth-order valence-corrected chi connectivity index (χ4v) is 3.79. The molecule has 10 heteroatoms. The van der Waals surface area contributed by atoms with Gasteiger partial charge in [0.2, 0.25) is 11.8 Å². The fourth-order valence-electron chi connectivity index (χ4n) is 3.79. The topological polar surface area (TPSA) is 120 Å². The summed E-state index contributed by atoms with van der Waals surface area (Å²) in [7, 11) is 0. The standard InChI is InChI=1S/C22H31N3O6.ClH/c23-7-9-30-11-13-31-12-10-29-8-1-2-16-3-4-18-17(14-16)15-25(22(18)28)19-5-6-20(26)24-21(19)27;/h3-4,14,19H,1-2,5-13,15,23H2,(H,24,26,27);1H. The summed E-state index contributed by atoms with van der Waals surface area (Å²) in [6, 6.07) is 5.24. The summed E-state index contributed by atoms with van der Waals surface area (Å²) in [4.78, 5) is 37.8. The van der Waals surface area contributed by atoms with Gasteiger partial charge in [-0.3, -0.25) is 19.7 Å². The Morgan fingerprint density at radius 1 is 1.00 bits per heavy atom. The van der Waals surface area contributed by atoms with Crippen LogP contribution in [0.4, 0.5) is 0 Å². The second kappa shape index (κ2) is 13.5. The van der Waals surface area contributed by atoms with Crippen LogP contribution in [0.15, 0.2) is 18.2 Å². The third-order valence-electron chi connectivity index (χ3n) is 5.35. The van der Waals surface area contributed by atoms with Gasteiger partial charge in [0.15, 0.2) is 0 Å². The Labute approximate surface area is 194 Å². The van der Waals surface area contributed by atoms with E-state index >= 15 is 0 Å². The van der Waals surface area contributed by atoms with Crippen LogP contribution in [0.25, 0.3) is 0 Å². The molecule has 1 fully saturated rings. The molecule has 2 aliphatic rings. The van der Waals surface area contributed by atoms with Gasteiger partial charge in [0.25, 0.3) is 5.91 Å². The van der Waals surface area contributed by atoms with Crippen LogP contribution in [0.2, 0.25) is 0 Å². The van der Waals surface area contributed by atoms with Gasteiger partial charge in [-0.15, -0.1) is 12.4 Å². The van der Waals surface area contributed by atoms with Gasteiger partial charge in [-0.25, -0.2) is 0 Å². The molecule has 0 radical (unpaired) electrons. The van der Waals surface area contributed by atoms with Crippen molar-refractivity contribution in [3.63, 3.8) is 0 Å². The van der Waals surface area contributed by atoms with Crippen molar-refractivity contribution in [3.05, 3.63) is 34.9 Å². The lowest BCUT2D eigenvalue weighted by Crippen LogP contribution is -2.52. The van der Waals surface area contributed by atoms with Gasteiger partial charge in [0.1, 0.15) is 6.04 Å². The van der Waals surface area contributed by atoms with Crippen molar-refractivity contribution in [2.75, 3.05) is 46.2 Å². The number of hydrogen-bond donors (Lipinski definition) is 2. The number of imide groups is 1. The summed E-state index contributed by atoms with van der Waals surface area (Å²) in [5.41, 5.74) is 8.03. The number of nitrogens with one attached hydrogen (secondary N) is 1. The smallest absolute Gasteiger partial charge is 0.255 e. The molecule has 0 aromatic heterocycles. The number of aryl methyl sites for hydroxylation is 1. The average molecular weight is 470 g/mol. The van der Waals surface area contributed by atoms with Crippen molar-refractivity contribution >= 4 is 30.1 Å².